The Morgan fingerprint density at radius 3 is 2.42 bits per heavy atom. The first kappa shape index (κ1) is 21.4. The summed E-state index contributed by atoms with van der Waals surface area (Å²) in [5.41, 5.74) is 1.56. The van der Waals surface area contributed by atoms with Crippen LogP contribution in [0.3, 0.4) is 0 Å². The standard InChI is InChI=1S/C17H16O3.2C2H6/c1-4-7-12(5-2)15-11-20-16-10-13(19-6-3)8-9-14(16)17(15)18;2*1-2/h4-5,7-11H,1-2,6H2,3H3;2*1-2H3/b12-7+;;. The fourth-order valence-corrected chi connectivity index (χ4v) is 1.96. The maximum atomic E-state index is 12.4. The van der Waals surface area contributed by atoms with Crippen LogP contribution < -0.4 is 10.2 Å². The Kier molecular flexibility index (Phi) is 10.7. The van der Waals surface area contributed by atoms with Gasteiger partial charge >= 0.3 is 0 Å². The van der Waals surface area contributed by atoms with E-state index in [1.54, 1.807) is 36.4 Å². The lowest BCUT2D eigenvalue weighted by atomic mass is 10.1. The summed E-state index contributed by atoms with van der Waals surface area (Å²) >= 11 is 0. The van der Waals surface area contributed by atoms with Crippen molar-refractivity contribution in [3.05, 3.63) is 71.6 Å². The molecule has 1 aromatic heterocycles. The van der Waals surface area contributed by atoms with E-state index in [1.807, 2.05) is 34.6 Å². The third-order valence-electron chi connectivity index (χ3n) is 2.89. The number of fused-ring (bicyclic) bond motifs is 1. The zero-order valence-electron chi connectivity index (χ0n) is 15.4. The van der Waals surface area contributed by atoms with Crippen molar-refractivity contribution in [1.82, 2.24) is 0 Å². The molecule has 2 aromatic rings. The van der Waals surface area contributed by atoms with Gasteiger partial charge in [-0.3, -0.25) is 4.79 Å². The summed E-state index contributed by atoms with van der Waals surface area (Å²) in [5.74, 6) is 0.682. The molecule has 0 atom stereocenters. The highest BCUT2D eigenvalue weighted by molar-refractivity contribution is 5.84. The topological polar surface area (TPSA) is 39.4 Å². The van der Waals surface area contributed by atoms with E-state index in [2.05, 4.69) is 13.2 Å². The van der Waals surface area contributed by atoms with Crippen LogP contribution in [0.4, 0.5) is 0 Å². The number of hydrogen-bond donors (Lipinski definition) is 0. The van der Waals surface area contributed by atoms with Crippen LogP contribution in [0.25, 0.3) is 16.5 Å². The molecule has 0 aliphatic heterocycles. The second-order valence-corrected chi connectivity index (χ2v) is 4.13. The van der Waals surface area contributed by atoms with Gasteiger partial charge in [-0.2, -0.15) is 0 Å². The molecule has 24 heavy (non-hydrogen) atoms. The monoisotopic (exact) mass is 328 g/mol. The van der Waals surface area contributed by atoms with Crippen LogP contribution in [0.2, 0.25) is 0 Å². The van der Waals surface area contributed by atoms with Crippen LogP contribution in [-0.2, 0) is 0 Å². The predicted molar refractivity (Wildman–Crippen MR) is 105 cm³/mol. The van der Waals surface area contributed by atoms with E-state index in [1.165, 1.54) is 6.26 Å². The van der Waals surface area contributed by atoms with Crippen LogP contribution in [-0.4, -0.2) is 6.61 Å². The average molecular weight is 328 g/mol. The smallest absolute Gasteiger partial charge is 0.200 e. The molecule has 0 spiro atoms. The van der Waals surface area contributed by atoms with Crippen LogP contribution in [0.15, 0.2) is 65.1 Å². The van der Waals surface area contributed by atoms with Crippen molar-refractivity contribution < 1.29 is 9.15 Å². The minimum atomic E-state index is -0.0951. The second kappa shape index (κ2) is 11.9. The van der Waals surface area contributed by atoms with Crippen molar-refractivity contribution in [3.8, 4) is 5.75 Å². The van der Waals surface area contributed by atoms with Gasteiger partial charge in [-0.25, -0.2) is 0 Å². The molecular weight excluding hydrogens is 300 g/mol. The fraction of sp³-hybridized carbons (Fsp3) is 0.286. The molecule has 0 bridgehead atoms. The molecule has 130 valence electrons. The van der Waals surface area contributed by atoms with Gasteiger partial charge in [0.2, 0.25) is 0 Å². The molecule has 0 amide bonds. The normalized spacial score (nSPS) is 9.96. The molecule has 1 aromatic carbocycles. The summed E-state index contributed by atoms with van der Waals surface area (Å²) < 4.78 is 10.9. The Morgan fingerprint density at radius 2 is 1.88 bits per heavy atom. The maximum Gasteiger partial charge on any atom is 0.200 e. The quantitative estimate of drug-likeness (QED) is 0.632. The van der Waals surface area contributed by atoms with Gasteiger partial charge in [0.05, 0.1) is 17.6 Å². The second-order valence-electron chi connectivity index (χ2n) is 4.13. The molecule has 0 unspecified atom stereocenters. The van der Waals surface area contributed by atoms with E-state index >= 15 is 0 Å². The Balaban J connectivity index is 0.00000123. The highest BCUT2D eigenvalue weighted by Crippen LogP contribution is 2.21. The van der Waals surface area contributed by atoms with Crippen LogP contribution in [0.1, 0.15) is 40.2 Å². The van der Waals surface area contributed by atoms with E-state index in [0.717, 1.165) is 0 Å². The zero-order chi connectivity index (χ0) is 18.5. The van der Waals surface area contributed by atoms with Crippen molar-refractivity contribution >= 4 is 16.5 Å². The molecule has 3 nitrogen and oxygen atoms in total. The molecule has 0 fully saturated rings. The average Bonchev–Trinajstić information content (AvgIpc) is 2.64. The van der Waals surface area contributed by atoms with Crippen molar-refractivity contribution in [2.75, 3.05) is 6.61 Å². The molecule has 3 heteroatoms. The number of hydrogen-bond acceptors (Lipinski definition) is 3. The number of allylic oxidation sites excluding steroid dienone is 4. The first-order valence-corrected chi connectivity index (χ1v) is 8.35. The van der Waals surface area contributed by atoms with Gasteiger partial charge < -0.3 is 9.15 Å². The Morgan fingerprint density at radius 1 is 1.21 bits per heavy atom. The third kappa shape index (κ3) is 5.27. The van der Waals surface area contributed by atoms with Crippen molar-refractivity contribution in [2.45, 2.75) is 34.6 Å². The number of rotatable bonds is 5. The summed E-state index contributed by atoms with van der Waals surface area (Å²) in [4.78, 5) is 12.4. The molecule has 0 aliphatic carbocycles. The summed E-state index contributed by atoms with van der Waals surface area (Å²) in [7, 11) is 0. The Labute approximate surface area is 145 Å². The SMILES string of the molecule is C=C/C=C(\C=C)c1coc2cc(OCC)ccc2c1=O.CC.CC. The molecule has 0 N–H and O–H groups in total. The molecule has 2 rings (SSSR count). The van der Waals surface area contributed by atoms with Crippen molar-refractivity contribution in [3.63, 3.8) is 0 Å². The van der Waals surface area contributed by atoms with E-state index < -0.39 is 0 Å². The Hall–Kier alpha value is -2.55. The van der Waals surface area contributed by atoms with Crippen molar-refractivity contribution in [2.24, 2.45) is 0 Å². The lowest BCUT2D eigenvalue weighted by Crippen LogP contribution is -2.07. The van der Waals surface area contributed by atoms with E-state index in [0.29, 0.717) is 34.5 Å². The molecule has 0 saturated heterocycles. The van der Waals surface area contributed by atoms with Gasteiger partial charge in [0.1, 0.15) is 17.6 Å². The highest BCUT2D eigenvalue weighted by Gasteiger charge is 2.09. The fourth-order valence-electron chi connectivity index (χ4n) is 1.96. The summed E-state index contributed by atoms with van der Waals surface area (Å²) in [6, 6.07) is 5.19. The van der Waals surface area contributed by atoms with Gasteiger partial charge in [-0.05, 0) is 24.6 Å². The molecular formula is C21H28O3. The summed E-state index contributed by atoms with van der Waals surface area (Å²) in [6.45, 7) is 17.8. The largest absolute Gasteiger partial charge is 0.494 e. The molecule has 0 aliphatic rings. The minimum Gasteiger partial charge on any atom is -0.494 e. The van der Waals surface area contributed by atoms with E-state index in [9.17, 15) is 4.79 Å². The predicted octanol–water partition coefficient (Wildman–Crippen LogP) is 6.00. The first-order chi connectivity index (χ1) is 11.7. The number of benzene rings is 1. The summed E-state index contributed by atoms with van der Waals surface area (Å²) in [6.07, 6.45) is 6.38. The van der Waals surface area contributed by atoms with E-state index in [-0.39, 0.29) is 5.43 Å². The number of ether oxygens (including phenoxy) is 1. The first-order valence-electron chi connectivity index (χ1n) is 8.35. The van der Waals surface area contributed by atoms with Gasteiger partial charge in [-0.15, -0.1) is 0 Å². The zero-order valence-corrected chi connectivity index (χ0v) is 15.4. The van der Waals surface area contributed by atoms with Gasteiger partial charge in [0.25, 0.3) is 0 Å². The van der Waals surface area contributed by atoms with E-state index in [4.69, 9.17) is 9.15 Å². The van der Waals surface area contributed by atoms with Gasteiger partial charge in [0.15, 0.2) is 5.43 Å². The molecule has 1 heterocycles. The lowest BCUT2D eigenvalue weighted by Gasteiger charge is -2.05. The molecule has 0 saturated carbocycles. The van der Waals surface area contributed by atoms with Gasteiger partial charge in [-0.1, -0.05) is 59.1 Å². The molecule has 0 radical (unpaired) electrons. The minimum absolute atomic E-state index is 0.0951. The lowest BCUT2D eigenvalue weighted by molar-refractivity contribution is 0.340. The van der Waals surface area contributed by atoms with Crippen molar-refractivity contribution in [1.29, 1.82) is 0 Å². The maximum absolute atomic E-state index is 12.4. The summed E-state index contributed by atoms with van der Waals surface area (Å²) in [5, 5.41) is 0.516. The third-order valence-corrected chi connectivity index (χ3v) is 2.89. The van der Waals surface area contributed by atoms with Crippen LogP contribution in [0, 0.1) is 0 Å². The highest BCUT2D eigenvalue weighted by atomic mass is 16.5. The van der Waals surface area contributed by atoms with Crippen LogP contribution in [0.5, 0.6) is 5.75 Å². The van der Waals surface area contributed by atoms with Crippen LogP contribution >= 0.6 is 0 Å². The Bertz CT molecular complexity index is 736. The van der Waals surface area contributed by atoms with Gasteiger partial charge in [0, 0.05) is 6.07 Å².